The summed E-state index contributed by atoms with van der Waals surface area (Å²) in [6.07, 6.45) is 1.56. The number of benzene rings is 1. The third-order valence-corrected chi connectivity index (χ3v) is 4.27. The lowest BCUT2D eigenvalue weighted by Gasteiger charge is -2.24. The van der Waals surface area contributed by atoms with Crippen molar-refractivity contribution < 1.29 is 14.3 Å². The summed E-state index contributed by atoms with van der Waals surface area (Å²) in [5, 5.41) is 14.2. The normalized spacial score (nSPS) is 14.2. The Morgan fingerprint density at radius 2 is 2.00 bits per heavy atom. The van der Waals surface area contributed by atoms with Gasteiger partial charge in [-0.05, 0) is 45.8 Å². The molecule has 5 heteroatoms. The molecule has 1 atom stereocenters. The van der Waals surface area contributed by atoms with Crippen molar-refractivity contribution in [2.75, 3.05) is 20.6 Å². The summed E-state index contributed by atoms with van der Waals surface area (Å²) in [6, 6.07) is 7.66. The molecule has 0 aliphatic carbocycles. The molecule has 0 bridgehead atoms. The van der Waals surface area contributed by atoms with Gasteiger partial charge in [0.05, 0.1) is 5.60 Å². The van der Waals surface area contributed by atoms with Crippen LogP contribution in [0.1, 0.15) is 49.7 Å². The molecule has 138 valence electrons. The van der Waals surface area contributed by atoms with Crippen molar-refractivity contribution in [2.24, 2.45) is 5.92 Å². The average molecular weight is 346 g/mol. The van der Waals surface area contributed by atoms with E-state index in [1.165, 1.54) is 0 Å². The summed E-state index contributed by atoms with van der Waals surface area (Å²) in [7, 11) is 3.92. The highest BCUT2D eigenvalue weighted by Crippen LogP contribution is 2.27. The zero-order chi connectivity index (χ0) is 18.6. The fraction of sp³-hybridized carbons (Fsp3) is 0.550. The molecule has 0 saturated heterocycles. The summed E-state index contributed by atoms with van der Waals surface area (Å²) in [5.74, 6) is 0.566. The molecule has 1 heterocycles. The maximum Gasteiger partial charge on any atom is 0.287 e. The van der Waals surface area contributed by atoms with E-state index < -0.39 is 5.60 Å². The van der Waals surface area contributed by atoms with Crippen LogP contribution in [0.15, 0.2) is 28.7 Å². The smallest absolute Gasteiger partial charge is 0.287 e. The minimum Gasteiger partial charge on any atom is -0.451 e. The van der Waals surface area contributed by atoms with E-state index in [4.69, 9.17) is 4.42 Å². The van der Waals surface area contributed by atoms with Crippen LogP contribution in [-0.2, 0) is 6.54 Å². The van der Waals surface area contributed by atoms with E-state index in [2.05, 4.69) is 19.2 Å². The molecule has 0 aliphatic heterocycles. The highest BCUT2D eigenvalue weighted by Gasteiger charge is 2.25. The lowest BCUT2D eigenvalue weighted by molar-refractivity contribution is 0.0424. The topological polar surface area (TPSA) is 65.7 Å². The third-order valence-electron chi connectivity index (χ3n) is 4.27. The van der Waals surface area contributed by atoms with Crippen LogP contribution in [0.2, 0.25) is 0 Å². The van der Waals surface area contributed by atoms with Crippen LogP contribution in [0.3, 0.4) is 0 Å². The van der Waals surface area contributed by atoms with Gasteiger partial charge in [-0.1, -0.05) is 32.0 Å². The second-order valence-electron chi connectivity index (χ2n) is 7.76. The summed E-state index contributed by atoms with van der Waals surface area (Å²) in [4.78, 5) is 14.7. The van der Waals surface area contributed by atoms with E-state index in [0.717, 1.165) is 17.4 Å². The number of fused-ring (bicyclic) bond motifs is 1. The number of hydrogen-bond donors (Lipinski definition) is 2. The average Bonchev–Trinajstić information content (AvgIpc) is 2.89. The first kappa shape index (κ1) is 19.5. The maximum atomic E-state index is 12.7. The Bertz CT molecular complexity index is 717. The lowest BCUT2D eigenvalue weighted by Crippen LogP contribution is -2.41. The van der Waals surface area contributed by atoms with Gasteiger partial charge in [-0.3, -0.25) is 4.79 Å². The molecule has 2 N–H and O–H groups in total. The molecule has 0 saturated carbocycles. The highest BCUT2D eigenvalue weighted by atomic mass is 16.3. The second-order valence-corrected chi connectivity index (χ2v) is 7.76. The Balaban J connectivity index is 2.16. The summed E-state index contributed by atoms with van der Waals surface area (Å²) in [6.45, 7) is 6.82. The number of nitrogens with zero attached hydrogens (tertiary/aromatic N) is 1. The molecule has 0 radical (unpaired) electrons. The molecular formula is C20H30N2O3. The van der Waals surface area contributed by atoms with Gasteiger partial charge in [-0.15, -0.1) is 0 Å². The largest absolute Gasteiger partial charge is 0.451 e. The van der Waals surface area contributed by atoms with Gasteiger partial charge in [0, 0.05) is 24.0 Å². The van der Waals surface area contributed by atoms with Gasteiger partial charge in [0.2, 0.25) is 0 Å². The fourth-order valence-electron chi connectivity index (χ4n) is 2.79. The number of furan rings is 1. The number of rotatable bonds is 8. The molecule has 1 aromatic carbocycles. The Morgan fingerprint density at radius 3 is 2.64 bits per heavy atom. The van der Waals surface area contributed by atoms with E-state index in [0.29, 0.717) is 30.2 Å². The third kappa shape index (κ3) is 5.31. The van der Waals surface area contributed by atoms with Crippen LogP contribution in [0.4, 0.5) is 0 Å². The van der Waals surface area contributed by atoms with Crippen LogP contribution in [0.25, 0.3) is 11.0 Å². The zero-order valence-electron chi connectivity index (χ0n) is 15.9. The minimum atomic E-state index is -0.923. The lowest BCUT2D eigenvalue weighted by atomic mass is 9.95. The molecule has 0 aliphatic rings. The molecule has 0 spiro atoms. The van der Waals surface area contributed by atoms with Crippen molar-refractivity contribution >= 4 is 16.9 Å². The van der Waals surface area contributed by atoms with Crippen LogP contribution in [0.5, 0.6) is 0 Å². The monoisotopic (exact) mass is 346 g/mol. The fourth-order valence-corrected chi connectivity index (χ4v) is 2.79. The van der Waals surface area contributed by atoms with Crippen molar-refractivity contribution in [3.05, 3.63) is 35.6 Å². The van der Waals surface area contributed by atoms with Gasteiger partial charge in [-0.25, -0.2) is 0 Å². The van der Waals surface area contributed by atoms with Crippen molar-refractivity contribution in [3.63, 3.8) is 0 Å². The number of hydrogen-bond acceptors (Lipinski definition) is 4. The Morgan fingerprint density at radius 1 is 1.32 bits per heavy atom. The first-order chi connectivity index (χ1) is 11.7. The van der Waals surface area contributed by atoms with E-state index in [9.17, 15) is 9.90 Å². The summed E-state index contributed by atoms with van der Waals surface area (Å²) >= 11 is 0. The first-order valence-electron chi connectivity index (χ1n) is 8.85. The SMILES string of the molecule is CC(C)CCC(C)(O)CNC(=O)c1oc2ccccc2c1CN(C)C. The predicted molar refractivity (Wildman–Crippen MR) is 101 cm³/mol. The van der Waals surface area contributed by atoms with Gasteiger partial charge < -0.3 is 19.7 Å². The van der Waals surface area contributed by atoms with Crippen molar-refractivity contribution in [1.82, 2.24) is 10.2 Å². The molecule has 2 aromatic rings. The van der Waals surface area contributed by atoms with E-state index in [1.54, 1.807) is 6.92 Å². The summed E-state index contributed by atoms with van der Waals surface area (Å²) in [5.41, 5.74) is 0.657. The molecule has 1 amide bonds. The quantitative estimate of drug-likeness (QED) is 0.769. The molecule has 5 nitrogen and oxygen atoms in total. The number of nitrogens with one attached hydrogen (secondary N) is 1. The van der Waals surface area contributed by atoms with Gasteiger partial charge in [0.15, 0.2) is 5.76 Å². The van der Waals surface area contributed by atoms with Gasteiger partial charge in [-0.2, -0.15) is 0 Å². The van der Waals surface area contributed by atoms with Crippen molar-refractivity contribution in [2.45, 2.75) is 45.8 Å². The Labute approximate surface area is 150 Å². The van der Waals surface area contributed by atoms with E-state index in [1.807, 2.05) is 43.3 Å². The van der Waals surface area contributed by atoms with Crippen LogP contribution in [0, 0.1) is 5.92 Å². The molecule has 1 aromatic heterocycles. The van der Waals surface area contributed by atoms with Crippen LogP contribution < -0.4 is 5.32 Å². The van der Waals surface area contributed by atoms with Gasteiger partial charge in [0.1, 0.15) is 5.58 Å². The Hall–Kier alpha value is -1.85. The predicted octanol–water partition coefficient (Wildman–Crippen LogP) is 3.41. The number of aliphatic hydroxyl groups is 1. The second kappa shape index (κ2) is 8.02. The molecule has 1 unspecified atom stereocenters. The number of para-hydroxylation sites is 1. The minimum absolute atomic E-state index is 0.205. The number of carbonyl (C=O) groups excluding carboxylic acids is 1. The van der Waals surface area contributed by atoms with Gasteiger partial charge in [0.25, 0.3) is 5.91 Å². The zero-order valence-corrected chi connectivity index (χ0v) is 15.9. The van der Waals surface area contributed by atoms with Crippen molar-refractivity contribution in [3.8, 4) is 0 Å². The Kier molecular flexibility index (Phi) is 6.25. The molecule has 2 rings (SSSR count). The highest BCUT2D eigenvalue weighted by molar-refractivity contribution is 5.99. The number of amides is 1. The molecule has 0 fully saturated rings. The maximum absolute atomic E-state index is 12.7. The van der Waals surface area contributed by atoms with E-state index in [-0.39, 0.29) is 12.5 Å². The van der Waals surface area contributed by atoms with E-state index >= 15 is 0 Å². The van der Waals surface area contributed by atoms with Gasteiger partial charge >= 0.3 is 0 Å². The summed E-state index contributed by atoms with van der Waals surface area (Å²) < 4.78 is 5.80. The molecule has 25 heavy (non-hydrogen) atoms. The van der Waals surface area contributed by atoms with Crippen LogP contribution >= 0.6 is 0 Å². The van der Waals surface area contributed by atoms with Crippen molar-refractivity contribution in [1.29, 1.82) is 0 Å². The number of carbonyl (C=O) groups is 1. The standard InChI is InChI=1S/C20H30N2O3/c1-14(2)10-11-20(3,24)13-21-19(23)18-16(12-22(4)5)15-8-6-7-9-17(15)25-18/h6-9,14,24H,10-13H2,1-5H3,(H,21,23). The molecular weight excluding hydrogens is 316 g/mol. The van der Waals surface area contributed by atoms with Crippen LogP contribution in [-0.4, -0.2) is 42.2 Å². The first-order valence-corrected chi connectivity index (χ1v) is 8.85.